The van der Waals surface area contributed by atoms with E-state index >= 15 is 0 Å². The van der Waals surface area contributed by atoms with Crippen LogP contribution in [0.5, 0.6) is 0 Å². The van der Waals surface area contributed by atoms with Gasteiger partial charge in [0.25, 0.3) is 0 Å². The summed E-state index contributed by atoms with van der Waals surface area (Å²) in [6.07, 6.45) is 7.05. The van der Waals surface area contributed by atoms with Gasteiger partial charge in [-0.15, -0.1) is 0 Å². The molecular formula is C26H34N6O2. The van der Waals surface area contributed by atoms with Gasteiger partial charge in [0.1, 0.15) is 5.82 Å². The number of hydrogen-bond donors (Lipinski definition) is 2. The van der Waals surface area contributed by atoms with E-state index in [1.807, 2.05) is 55.5 Å². The third-order valence-electron chi connectivity index (χ3n) is 6.05. The Morgan fingerprint density at radius 3 is 2.91 bits per heavy atom. The lowest BCUT2D eigenvalue weighted by Crippen LogP contribution is -2.36. The zero-order valence-electron chi connectivity index (χ0n) is 20.0. The van der Waals surface area contributed by atoms with Crippen LogP contribution in [0.3, 0.4) is 0 Å². The molecule has 1 aliphatic heterocycles. The lowest BCUT2D eigenvalue weighted by Gasteiger charge is -2.35. The molecule has 34 heavy (non-hydrogen) atoms. The van der Waals surface area contributed by atoms with Gasteiger partial charge in [0.05, 0.1) is 37.7 Å². The molecule has 0 aliphatic carbocycles. The van der Waals surface area contributed by atoms with E-state index in [2.05, 4.69) is 37.5 Å². The summed E-state index contributed by atoms with van der Waals surface area (Å²) < 4.78 is 5.96. The number of anilines is 1. The maximum Gasteiger partial charge on any atom is 0.239 e. The van der Waals surface area contributed by atoms with Crippen molar-refractivity contribution < 1.29 is 9.53 Å². The number of carbonyl (C=O) groups is 1. The number of ether oxygens (including phenoxy) is 1. The third-order valence-corrected chi connectivity index (χ3v) is 6.05. The van der Waals surface area contributed by atoms with E-state index in [1.165, 1.54) is 18.4 Å². The van der Waals surface area contributed by atoms with Gasteiger partial charge in [-0.1, -0.05) is 36.8 Å². The molecule has 1 unspecified atom stereocenters. The van der Waals surface area contributed by atoms with Crippen LogP contribution in [0.4, 0.5) is 5.82 Å². The molecule has 3 heterocycles. The fraction of sp³-hybridized carbons (Fsp3) is 0.423. The number of hydrogen-bond acceptors (Lipinski definition) is 6. The number of nitrogens with zero attached hydrogens (tertiary/aromatic N) is 4. The molecule has 8 nitrogen and oxygen atoms in total. The normalized spacial score (nSPS) is 16.6. The average Bonchev–Trinajstić information content (AvgIpc) is 3.32. The molecule has 0 radical (unpaired) electrons. The molecule has 1 aliphatic rings. The Labute approximate surface area is 201 Å². The van der Waals surface area contributed by atoms with Crippen LogP contribution < -0.4 is 5.32 Å². The Kier molecular flexibility index (Phi) is 8.41. The van der Waals surface area contributed by atoms with Crippen LogP contribution in [0.2, 0.25) is 0 Å². The van der Waals surface area contributed by atoms with Gasteiger partial charge in [0, 0.05) is 18.3 Å². The van der Waals surface area contributed by atoms with E-state index in [-0.39, 0.29) is 11.9 Å². The molecule has 1 aromatic carbocycles. The Bertz CT molecular complexity index is 1050. The van der Waals surface area contributed by atoms with Crippen LogP contribution in [-0.2, 0) is 16.1 Å². The number of aromatic nitrogens is 3. The number of aromatic amines is 1. The average molecular weight is 463 g/mol. The Morgan fingerprint density at radius 2 is 2.09 bits per heavy atom. The number of H-pyrrole nitrogens is 1. The molecule has 3 aromatic rings. The van der Waals surface area contributed by atoms with Gasteiger partial charge in [-0.2, -0.15) is 5.10 Å². The minimum absolute atomic E-state index is 0.0870. The highest BCUT2D eigenvalue weighted by Crippen LogP contribution is 2.35. The lowest BCUT2D eigenvalue weighted by atomic mass is 9.95. The van der Waals surface area contributed by atoms with Gasteiger partial charge in [0.2, 0.25) is 5.91 Å². The maximum absolute atomic E-state index is 12.2. The van der Waals surface area contributed by atoms with Gasteiger partial charge in [-0.25, -0.2) is 4.98 Å². The van der Waals surface area contributed by atoms with Crippen molar-refractivity contribution in [3.63, 3.8) is 0 Å². The first-order chi connectivity index (χ1) is 16.6. The molecule has 180 valence electrons. The first-order valence-electron chi connectivity index (χ1n) is 11.9. The topological polar surface area (TPSA) is 86.4 Å². The highest BCUT2D eigenvalue weighted by Gasteiger charge is 2.27. The number of benzene rings is 1. The molecule has 0 bridgehead atoms. The van der Waals surface area contributed by atoms with Gasteiger partial charge in [-0.3, -0.25) is 14.8 Å². The number of carbonyl (C=O) groups excluding carboxylic acids is 1. The second kappa shape index (κ2) is 11.9. The van der Waals surface area contributed by atoms with Crippen molar-refractivity contribution in [1.29, 1.82) is 0 Å². The number of nitrogens with one attached hydrogen (secondary N) is 2. The fourth-order valence-electron chi connectivity index (χ4n) is 4.45. The van der Waals surface area contributed by atoms with Crippen molar-refractivity contribution in [3.05, 3.63) is 66.1 Å². The standard InChI is InChI=1S/C26H34N6O2/c1-31(2)18-25(33)29-24-16-21(11-12-27-24)22-17-28-30-26(22)23-10-6-7-13-32(23)14-15-34-19-20-8-4-3-5-9-20/h3-5,8-9,11-12,16-17,23H,6-7,10,13-15,18-19H2,1-2H3,(H,28,30)(H,27,29,33). The van der Waals surface area contributed by atoms with E-state index in [4.69, 9.17) is 4.74 Å². The zero-order chi connectivity index (χ0) is 23.8. The SMILES string of the molecule is CN(C)CC(=O)Nc1cc(-c2cn[nH]c2C2CCCCN2CCOCc2ccccc2)ccn1. The van der Waals surface area contributed by atoms with Gasteiger partial charge < -0.3 is 15.0 Å². The van der Waals surface area contributed by atoms with Crippen molar-refractivity contribution in [2.75, 3.05) is 45.7 Å². The summed E-state index contributed by atoms with van der Waals surface area (Å²) in [6, 6.07) is 14.4. The fourth-order valence-corrected chi connectivity index (χ4v) is 4.45. The number of amides is 1. The van der Waals surface area contributed by atoms with Crippen LogP contribution in [-0.4, -0.2) is 71.2 Å². The monoisotopic (exact) mass is 462 g/mol. The third kappa shape index (κ3) is 6.50. The molecule has 1 atom stereocenters. The summed E-state index contributed by atoms with van der Waals surface area (Å²) in [5.74, 6) is 0.460. The van der Waals surface area contributed by atoms with Gasteiger partial charge in [0.15, 0.2) is 0 Å². The lowest BCUT2D eigenvalue weighted by molar-refractivity contribution is -0.116. The molecule has 2 aromatic heterocycles. The summed E-state index contributed by atoms with van der Waals surface area (Å²) >= 11 is 0. The van der Waals surface area contributed by atoms with Crippen LogP contribution >= 0.6 is 0 Å². The summed E-state index contributed by atoms with van der Waals surface area (Å²) in [4.78, 5) is 20.8. The Balaban J connectivity index is 1.42. The summed E-state index contributed by atoms with van der Waals surface area (Å²) in [5, 5.41) is 10.5. The predicted octanol–water partition coefficient (Wildman–Crippen LogP) is 3.72. The minimum Gasteiger partial charge on any atom is -0.375 e. The quantitative estimate of drug-likeness (QED) is 0.447. The van der Waals surface area contributed by atoms with Crippen LogP contribution in [0.15, 0.2) is 54.9 Å². The van der Waals surface area contributed by atoms with Crippen molar-refractivity contribution in [3.8, 4) is 11.1 Å². The van der Waals surface area contributed by atoms with Gasteiger partial charge in [-0.05, 0) is 56.7 Å². The van der Waals surface area contributed by atoms with Crippen LogP contribution in [0, 0.1) is 0 Å². The van der Waals surface area contributed by atoms with E-state index in [0.29, 0.717) is 25.6 Å². The van der Waals surface area contributed by atoms with E-state index < -0.39 is 0 Å². The molecule has 4 rings (SSSR count). The molecule has 1 saturated heterocycles. The number of likely N-dealkylation sites (tertiary alicyclic amines) is 1. The Morgan fingerprint density at radius 1 is 1.24 bits per heavy atom. The first kappa shape index (κ1) is 24.1. The van der Waals surface area contributed by atoms with Crippen LogP contribution in [0.25, 0.3) is 11.1 Å². The van der Waals surface area contributed by atoms with Crippen molar-refractivity contribution in [2.24, 2.45) is 0 Å². The summed E-state index contributed by atoms with van der Waals surface area (Å²) in [6.45, 7) is 3.55. The molecule has 0 spiro atoms. The molecule has 8 heteroatoms. The van der Waals surface area contributed by atoms with E-state index in [0.717, 1.165) is 36.3 Å². The molecule has 1 amide bonds. The smallest absolute Gasteiger partial charge is 0.239 e. The predicted molar refractivity (Wildman–Crippen MR) is 133 cm³/mol. The summed E-state index contributed by atoms with van der Waals surface area (Å²) in [7, 11) is 3.73. The van der Waals surface area contributed by atoms with Crippen molar-refractivity contribution in [1.82, 2.24) is 25.0 Å². The second-order valence-corrected chi connectivity index (χ2v) is 9.00. The second-order valence-electron chi connectivity index (χ2n) is 9.00. The summed E-state index contributed by atoms with van der Waals surface area (Å²) in [5.41, 5.74) is 4.34. The number of pyridine rings is 1. The maximum atomic E-state index is 12.2. The first-order valence-corrected chi connectivity index (χ1v) is 11.9. The molecule has 0 saturated carbocycles. The highest BCUT2D eigenvalue weighted by atomic mass is 16.5. The van der Waals surface area contributed by atoms with Crippen LogP contribution in [0.1, 0.15) is 36.6 Å². The number of likely N-dealkylation sites (N-methyl/N-ethyl adjacent to an activating group) is 1. The molecular weight excluding hydrogens is 428 g/mol. The molecule has 1 fully saturated rings. The van der Waals surface area contributed by atoms with Crippen molar-refractivity contribution >= 4 is 11.7 Å². The highest BCUT2D eigenvalue weighted by molar-refractivity contribution is 5.91. The van der Waals surface area contributed by atoms with E-state index in [1.54, 1.807) is 6.20 Å². The van der Waals surface area contributed by atoms with Gasteiger partial charge >= 0.3 is 0 Å². The largest absolute Gasteiger partial charge is 0.375 e. The molecule has 2 N–H and O–H groups in total. The minimum atomic E-state index is -0.0870. The number of piperidine rings is 1. The zero-order valence-corrected chi connectivity index (χ0v) is 20.0. The van der Waals surface area contributed by atoms with E-state index in [9.17, 15) is 4.79 Å². The van der Waals surface area contributed by atoms with Crippen molar-refractivity contribution in [2.45, 2.75) is 31.9 Å². The number of rotatable bonds is 10. The Hall–Kier alpha value is -3.07.